The number of hydrogen-bond donors (Lipinski definition) is 0. The van der Waals surface area contributed by atoms with Gasteiger partial charge < -0.3 is 4.74 Å². The molecule has 104 valence electrons. The third-order valence-corrected chi connectivity index (χ3v) is 3.03. The number of methoxy groups -OCH3 is 1. The molecule has 0 aliphatic heterocycles. The van der Waals surface area contributed by atoms with Crippen molar-refractivity contribution in [2.24, 2.45) is 0 Å². The van der Waals surface area contributed by atoms with Gasteiger partial charge in [-0.05, 0) is 6.42 Å². The van der Waals surface area contributed by atoms with Crippen molar-refractivity contribution in [2.45, 2.75) is 77.6 Å². The van der Waals surface area contributed by atoms with Gasteiger partial charge in [-0.15, -0.1) is 0 Å². The van der Waals surface area contributed by atoms with Crippen LogP contribution in [0, 0.1) is 11.8 Å². The number of carbonyl (C=O) groups is 1. The molecule has 0 bridgehead atoms. The summed E-state index contributed by atoms with van der Waals surface area (Å²) in [6, 6.07) is 0. The van der Waals surface area contributed by atoms with Crippen LogP contribution >= 0.6 is 0 Å². The van der Waals surface area contributed by atoms with Crippen LogP contribution in [0.2, 0.25) is 0 Å². The second kappa shape index (κ2) is 14.1. The molecule has 2 heteroatoms. The highest BCUT2D eigenvalue weighted by Crippen LogP contribution is 2.10. The van der Waals surface area contributed by atoms with Gasteiger partial charge in [0.05, 0.1) is 7.11 Å². The van der Waals surface area contributed by atoms with Crippen LogP contribution in [0.4, 0.5) is 0 Å². The summed E-state index contributed by atoms with van der Waals surface area (Å²) >= 11 is 0. The van der Waals surface area contributed by atoms with E-state index in [-0.39, 0.29) is 0 Å². The molecule has 0 radical (unpaired) electrons. The summed E-state index contributed by atoms with van der Waals surface area (Å²) in [5, 5.41) is 0. The molecule has 18 heavy (non-hydrogen) atoms. The van der Waals surface area contributed by atoms with Crippen molar-refractivity contribution in [3.05, 3.63) is 0 Å². The second-order valence-electron chi connectivity index (χ2n) is 4.73. The van der Waals surface area contributed by atoms with Crippen LogP contribution in [-0.2, 0) is 9.53 Å². The van der Waals surface area contributed by atoms with Crippen LogP contribution in [0.3, 0.4) is 0 Å². The molecule has 0 rings (SSSR count). The van der Waals surface area contributed by atoms with Crippen molar-refractivity contribution in [2.75, 3.05) is 7.11 Å². The van der Waals surface area contributed by atoms with E-state index in [9.17, 15) is 4.79 Å². The Morgan fingerprint density at radius 2 is 1.39 bits per heavy atom. The largest absolute Gasteiger partial charge is 0.459 e. The van der Waals surface area contributed by atoms with E-state index in [0.29, 0.717) is 0 Å². The van der Waals surface area contributed by atoms with E-state index in [1.807, 2.05) is 0 Å². The quantitative estimate of drug-likeness (QED) is 0.248. The summed E-state index contributed by atoms with van der Waals surface area (Å²) in [6.07, 6.45) is 14.1. The fourth-order valence-corrected chi connectivity index (χ4v) is 1.89. The molecular formula is C16H28O2. The van der Waals surface area contributed by atoms with Crippen molar-refractivity contribution >= 4 is 5.97 Å². The highest BCUT2D eigenvalue weighted by atomic mass is 16.5. The van der Waals surface area contributed by atoms with Gasteiger partial charge in [-0.3, -0.25) is 0 Å². The average Bonchev–Trinajstić information content (AvgIpc) is 2.39. The zero-order valence-corrected chi connectivity index (χ0v) is 12.1. The predicted octanol–water partition coefficient (Wildman–Crippen LogP) is 4.47. The molecule has 0 spiro atoms. The van der Waals surface area contributed by atoms with Gasteiger partial charge in [-0.25, -0.2) is 4.79 Å². The monoisotopic (exact) mass is 252 g/mol. The summed E-state index contributed by atoms with van der Waals surface area (Å²) < 4.78 is 4.44. The molecule has 0 saturated carbocycles. The van der Waals surface area contributed by atoms with Crippen LogP contribution in [0.5, 0.6) is 0 Å². The van der Waals surface area contributed by atoms with Gasteiger partial charge >= 0.3 is 5.97 Å². The van der Waals surface area contributed by atoms with E-state index >= 15 is 0 Å². The van der Waals surface area contributed by atoms with Gasteiger partial charge in [0.1, 0.15) is 0 Å². The number of unbranched alkanes of at least 4 members (excludes halogenated alkanes) is 10. The molecule has 0 N–H and O–H groups in total. The second-order valence-corrected chi connectivity index (χ2v) is 4.73. The normalized spacial score (nSPS) is 9.67. The van der Waals surface area contributed by atoms with E-state index in [1.165, 1.54) is 64.9 Å². The zero-order chi connectivity index (χ0) is 13.5. The first-order chi connectivity index (χ1) is 8.81. The minimum atomic E-state index is -0.429. The molecule has 0 aromatic heterocycles. The Balaban J connectivity index is 3.11. The van der Waals surface area contributed by atoms with Crippen LogP contribution in [0.1, 0.15) is 77.6 Å². The Morgan fingerprint density at radius 1 is 0.889 bits per heavy atom. The van der Waals surface area contributed by atoms with Crippen LogP contribution in [0.25, 0.3) is 0 Å². The van der Waals surface area contributed by atoms with Crippen molar-refractivity contribution in [1.82, 2.24) is 0 Å². The predicted molar refractivity (Wildman–Crippen MR) is 76.3 cm³/mol. The zero-order valence-electron chi connectivity index (χ0n) is 12.1. The average molecular weight is 252 g/mol. The van der Waals surface area contributed by atoms with E-state index in [0.717, 1.165) is 12.8 Å². The summed E-state index contributed by atoms with van der Waals surface area (Å²) in [6.45, 7) is 2.25. The molecule has 0 unspecified atom stereocenters. The number of carbonyl (C=O) groups excluding carboxylic acids is 1. The number of ether oxygens (including phenoxy) is 1. The van der Waals surface area contributed by atoms with Gasteiger partial charge in [0, 0.05) is 12.3 Å². The third kappa shape index (κ3) is 13.1. The van der Waals surface area contributed by atoms with Crippen LogP contribution in [0.15, 0.2) is 0 Å². The lowest BCUT2D eigenvalue weighted by Crippen LogP contribution is -1.94. The summed E-state index contributed by atoms with van der Waals surface area (Å²) in [7, 11) is 1.36. The third-order valence-electron chi connectivity index (χ3n) is 3.03. The highest BCUT2D eigenvalue weighted by molar-refractivity contribution is 5.88. The first kappa shape index (κ1) is 17.0. The maximum absolute atomic E-state index is 10.7. The Kier molecular flexibility index (Phi) is 13.3. The number of hydrogen-bond acceptors (Lipinski definition) is 2. The molecule has 2 nitrogen and oxygen atoms in total. The van der Waals surface area contributed by atoms with E-state index in [1.54, 1.807) is 0 Å². The van der Waals surface area contributed by atoms with Gasteiger partial charge in [0.25, 0.3) is 0 Å². The molecule has 0 saturated heterocycles. The summed E-state index contributed by atoms with van der Waals surface area (Å²) in [5.74, 6) is 4.86. The molecule has 0 aromatic carbocycles. The minimum absolute atomic E-state index is 0.429. The lowest BCUT2D eigenvalue weighted by molar-refractivity contribution is -0.133. The molecule has 0 aliphatic rings. The first-order valence-corrected chi connectivity index (χ1v) is 7.38. The van der Waals surface area contributed by atoms with E-state index < -0.39 is 5.97 Å². The van der Waals surface area contributed by atoms with Crippen LogP contribution < -0.4 is 0 Å². The fourth-order valence-electron chi connectivity index (χ4n) is 1.89. The lowest BCUT2D eigenvalue weighted by Gasteiger charge is -2.00. The van der Waals surface area contributed by atoms with Gasteiger partial charge in [0.15, 0.2) is 0 Å². The van der Waals surface area contributed by atoms with Gasteiger partial charge in [-0.1, -0.05) is 70.6 Å². The number of esters is 1. The Bertz CT molecular complexity index is 248. The molecule has 0 fully saturated rings. The van der Waals surface area contributed by atoms with Crippen LogP contribution in [-0.4, -0.2) is 13.1 Å². The van der Waals surface area contributed by atoms with Gasteiger partial charge in [0.2, 0.25) is 0 Å². The molecule has 0 heterocycles. The minimum Gasteiger partial charge on any atom is -0.459 e. The smallest absolute Gasteiger partial charge is 0.384 e. The highest BCUT2D eigenvalue weighted by Gasteiger charge is 1.92. The SMILES string of the molecule is CCCCCCCCCCCCC#CC(=O)OC. The van der Waals surface area contributed by atoms with Crippen molar-refractivity contribution < 1.29 is 9.53 Å². The lowest BCUT2D eigenvalue weighted by atomic mass is 10.1. The molecule has 0 aliphatic carbocycles. The molecule has 0 aromatic rings. The Morgan fingerprint density at radius 3 is 1.89 bits per heavy atom. The van der Waals surface area contributed by atoms with Crippen molar-refractivity contribution in [1.29, 1.82) is 0 Å². The summed E-state index contributed by atoms with van der Waals surface area (Å²) in [5.41, 5.74) is 0. The fraction of sp³-hybridized carbons (Fsp3) is 0.812. The van der Waals surface area contributed by atoms with Crippen molar-refractivity contribution in [3.63, 3.8) is 0 Å². The summed E-state index contributed by atoms with van der Waals surface area (Å²) in [4.78, 5) is 10.7. The standard InChI is InChI=1S/C16H28O2/c1-3-4-5-6-7-8-9-10-11-12-13-14-15-16(17)18-2/h3-13H2,1-2H3. The maximum Gasteiger partial charge on any atom is 0.384 e. The van der Waals surface area contributed by atoms with E-state index in [4.69, 9.17) is 0 Å². The molecular weight excluding hydrogens is 224 g/mol. The topological polar surface area (TPSA) is 26.3 Å². The van der Waals surface area contributed by atoms with E-state index in [2.05, 4.69) is 23.5 Å². The van der Waals surface area contributed by atoms with Crippen molar-refractivity contribution in [3.8, 4) is 11.8 Å². The maximum atomic E-state index is 10.7. The van der Waals surface area contributed by atoms with Gasteiger partial charge in [-0.2, -0.15) is 0 Å². The first-order valence-electron chi connectivity index (χ1n) is 7.38. The number of rotatable bonds is 10. The Labute approximate surface area is 112 Å². The molecule has 0 atom stereocenters. The molecule has 0 amide bonds. The Hall–Kier alpha value is -0.970.